The summed E-state index contributed by atoms with van der Waals surface area (Å²) >= 11 is 0. The van der Waals surface area contributed by atoms with Crippen molar-refractivity contribution < 1.29 is 18.7 Å². The molecule has 0 bridgehead atoms. The predicted octanol–water partition coefficient (Wildman–Crippen LogP) is 2.73. The first kappa shape index (κ1) is 11.2. The molecule has 0 aliphatic heterocycles. The normalized spacial score (nSPS) is 10.2. The van der Waals surface area contributed by atoms with Gasteiger partial charge >= 0.3 is 5.97 Å². The highest BCUT2D eigenvalue weighted by Crippen LogP contribution is 2.25. The Balaban J connectivity index is 2.68. The fourth-order valence-electron chi connectivity index (χ4n) is 1.50. The molecule has 1 N–H and O–H groups in total. The van der Waals surface area contributed by atoms with E-state index in [2.05, 4.69) is 4.98 Å². The molecule has 5 heteroatoms. The second-order valence-electron chi connectivity index (χ2n) is 3.33. The lowest BCUT2D eigenvalue weighted by molar-refractivity contribution is 0.0691. The van der Waals surface area contributed by atoms with Gasteiger partial charge in [0.05, 0.1) is 0 Å². The summed E-state index contributed by atoms with van der Waals surface area (Å²) in [5, 5.41) is 8.91. The number of aromatic nitrogens is 1. The molecule has 0 fully saturated rings. The van der Waals surface area contributed by atoms with E-state index in [1.807, 2.05) is 0 Å². The van der Waals surface area contributed by atoms with Crippen LogP contribution in [0, 0.1) is 11.6 Å². The molecule has 0 aliphatic rings. The van der Waals surface area contributed by atoms with Crippen molar-refractivity contribution in [3.8, 4) is 11.1 Å². The Bertz CT molecular complexity index is 584. The van der Waals surface area contributed by atoms with Crippen LogP contribution in [0.1, 0.15) is 10.5 Å². The van der Waals surface area contributed by atoms with Crippen LogP contribution in [0.15, 0.2) is 36.5 Å². The van der Waals surface area contributed by atoms with Crippen molar-refractivity contribution >= 4 is 5.97 Å². The lowest BCUT2D eigenvalue weighted by atomic mass is 10.0. The van der Waals surface area contributed by atoms with E-state index in [1.54, 1.807) is 0 Å². The molecular weight excluding hydrogens is 228 g/mol. The molecule has 2 rings (SSSR count). The zero-order valence-corrected chi connectivity index (χ0v) is 8.52. The number of carboxylic acid groups (broad SMARTS) is 1. The molecule has 0 aliphatic carbocycles. The average Bonchev–Trinajstić information content (AvgIpc) is 2.32. The van der Waals surface area contributed by atoms with Gasteiger partial charge in [0, 0.05) is 17.3 Å². The molecule has 0 atom stereocenters. The van der Waals surface area contributed by atoms with Gasteiger partial charge < -0.3 is 5.11 Å². The Morgan fingerprint density at radius 1 is 1.18 bits per heavy atom. The molecule has 3 nitrogen and oxygen atoms in total. The van der Waals surface area contributed by atoms with Gasteiger partial charge in [0.2, 0.25) is 0 Å². The zero-order chi connectivity index (χ0) is 12.4. The third-order valence-electron chi connectivity index (χ3n) is 2.23. The number of pyridine rings is 1. The van der Waals surface area contributed by atoms with Gasteiger partial charge in [-0.1, -0.05) is 6.07 Å². The first-order chi connectivity index (χ1) is 8.09. The monoisotopic (exact) mass is 235 g/mol. The second kappa shape index (κ2) is 4.29. The maximum absolute atomic E-state index is 13.5. The summed E-state index contributed by atoms with van der Waals surface area (Å²) in [6.07, 6.45) is 1.28. The number of carboxylic acids is 1. The van der Waals surface area contributed by atoms with Crippen LogP contribution in [0.5, 0.6) is 0 Å². The number of nitrogens with zero attached hydrogens (tertiary/aromatic N) is 1. The number of hydrogen-bond donors (Lipinski definition) is 1. The summed E-state index contributed by atoms with van der Waals surface area (Å²) in [7, 11) is 0. The van der Waals surface area contributed by atoms with Gasteiger partial charge in [0.25, 0.3) is 0 Å². The molecule has 1 heterocycles. The quantitative estimate of drug-likeness (QED) is 0.870. The molecular formula is C12H7F2NO2. The van der Waals surface area contributed by atoms with Crippen molar-refractivity contribution in [3.63, 3.8) is 0 Å². The van der Waals surface area contributed by atoms with Crippen molar-refractivity contribution in [3.05, 3.63) is 53.9 Å². The maximum atomic E-state index is 13.5. The fourth-order valence-corrected chi connectivity index (χ4v) is 1.50. The van der Waals surface area contributed by atoms with E-state index in [1.165, 1.54) is 18.3 Å². The van der Waals surface area contributed by atoms with Gasteiger partial charge in [0.1, 0.15) is 11.6 Å². The van der Waals surface area contributed by atoms with Crippen LogP contribution in [0.3, 0.4) is 0 Å². The first-order valence-corrected chi connectivity index (χ1v) is 4.73. The molecule has 0 radical (unpaired) electrons. The van der Waals surface area contributed by atoms with E-state index in [4.69, 9.17) is 5.11 Å². The molecule has 2 aromatic rings. The molecule has 86 valence electrons. The average molecular weight is 235 g/mol. The second-order valence-corrected chi connectivity index (χ2v) is 3.33. The van der Waals surface area contributed by atoms with Crippen molar-refractivity contribution in [2.45, 2.75) is 0 Å². The first-order valence-electron chi connectivity index (χ1n) is 4.73. The zero-order valence-electron chi connectivity index (χ0n) is 8.52. The fraction of sp³-hybridized carbons (Fsp3) is 0. The topological polar surface area (TPSA) is 50.2 Å². The minimum atomic E-state index is -1.29. The highest BCUT2D eigenvalue weighted by Gasteiger charge is 2.16. The third-order valence-corrected chi connectivity index (χ3v) is 2.23. The molecule has 0 amide bonds. The Labute approximate surface area is 95.4 Å². The third kappa shape index (κ3) is 2.13. The Morgan fingerprint density at radius 2 is 1.94 bits per heavy atom. The van der Waals surface area contributed by atoms with Crippen molar-refractivity contribution in [2.75, 3.05) is 0 Å². The summed E-state index contributed by atoms with van der Waals surface area (Å²) in [6.45, 7) is 0. The number of halogens is 2. The molecule has 0 spiro atoms. The Morgan fingerprint density at radius 3 is 2.65 bits per heavy atom. The van der Waals surface area contributed by atoms with Gasteiger partial charge in [-0.05, 0) is 24.3 Å². The van der Waals surface area contributed by atoms with Crippen molar-refractivity contribution in [2.24, 2.45) is 0 Å². The van der Waals surface area contributed by atoms with E-state index in [0.29, 0.717) is 0 Å². The van der Waals surface area contributed by atoms with Crippen LogP contribution < -0.4 is 0 Å². The molecule has 1 aromatic carbocycles. The van der Waals surface area contributed by atoms with Gasteiger partial charge in [-0.3, -0.25) is 0 Å². The van der Waals surface area contributed by atoms with Crippen LogP contribution in [0.4, 0.5) is 8.78 Å². The lowest BCUT2D eigenvalue weighted by Crippen LogP contribution is -2.03. The van der Waals surface area contributed by atoms with Crippen LogP contribution >= 0.6 is 0 Å². The summed E-state index contributed by atoms with van der Waals surface area (Å²) in [4.78, 5) is 14.5. The molecule has 0 saturated carbocycles. The van der Waals surface area contributed by atoms with E-state index >= 15 is 0 Å². The molecule has 1 aromatic heterocycles. The molecule has 0 saturated heterocycles. The summed E-state index contributed by atoms with van der Waals surface area (Å²) < 4.78 is 26.5. The van der Waals surface area contributed by atoms with Crippen molar-refractivity contribution in [1.29, 1.82) is 0 Å². The predicted molar refractivity (Wildman–Crippen MR) is 56.5 cm³/mol. The number of aromatic carboxylic acids is 1. The van der Waals surface area contributed by atoms with E-state index in [0.717, 1.165) is 18.2 Å². The van der Waals surface area contributed by atoms with Gasteiger partial charge in [0.15, 0.2) is 5.69 Å². The summed E-state index contributed by atoms with van der Waals surface area (Å²) in [5.74, 6) is -2.62. The van der Waals surface area contributed by atoms with Gasteiger partial charge in [-0.15, -0.1) is 0 Å². The molecule has 0 unspecified atom stereocenters. The molecule has 17 heavy (non-hydrogen) atoms. The number of carbonyl (C=O) groups is 1. The smallest absolute Gasteiger partial charge is 0.355 e. The van der Waals surface area contributed by atoms with Gasteiger partial charge in [-0.2, -0.15) is 0 Å². The summed E-state index contributed by atoms with van der Waals surface area (Å²) in [6, 6.07) is 5.71. The summed E-state index contributed by atoms with van der Waals surface area (Å²) in [5.41, 5.74) is -0.371. The SMILES string of the molecule is O=C(O)c1ncccc1-c1cc(F)ccc1F. The minimum Gasteiger partial charge on any atom is -0.476 e. The Hall–Kier alpha value is -2.30. The minimum absolute atomic E-state index is 0.0528. The lowest BCUT2D eigenvalue weighted by Gasteiger charge is -2.06. The van der Waals surface area contributed by atoms with Crippen LogP contribution in [0.2, 0.25) is 0 Å². The number of rotatable bonds is 2. The standard InChI is InChI=1S/C12H7F2NO2/c13-7-3-4-10(14)9(6-7)8-2-1-5-15-11(8)12(16)17/h1-6H,(H,16,17). The number of benzene rings is 1. The maximum Gasteiger partial charge on any atom is 0.355 e. The Kier molecular flexibility index (Phi) is 2.82. The van der Waals surface area contributed by atoms with Crippen LogP contribution in [-0.2, 0) is 0 Å². The highest BCUT2D eigenvalue weighted by atomic mass is 19.1. The van der Waals surface area contributed by atoms with E-state index < -0.39 is 17.6 Å². The van der Waals surface area contributed by atoms with Crippen LogP contribution in [-0.4, -0.2) is 16.1 Å². The van der Waals surface area contributed by atoms with E-state index in [-0.39, 0.29) is 16.8 Å². The van der Waals surface area contributed by atoms with Crippen LogP contribution in [0.25, 0.3) is 11.1 Å². The number of hydrogen-bond acceptors (Lipinski definition) is 2. The van der Waals surface area contributed by atoms with E-state index in [9.17, 15) is 13.6 Å². The largest absolute Gasteiger partial charge is 0.476 e. The highest BCUT2D eigenvalue weighted by molar-refractivity contribution is 5.93. The van der Waals surface area contributed by atoms with Gasteiger partial charge in [-0.25, -0.2) is 18.6 Å². The van der Waals surface area contributed by atoms with Crippen molar-refractivity contribution in [1.82, 2.24) is 4.98 Å².